The van der Waals surface area contributed by atoms with Gasteiger partial charge in [0.2, 0.25) is 0 Å². The molecule has 0 spiro atoms. The second kappa shape index (κ2) is 4.11. The molecule has 6 nitrogen and oxygen atoms in total. The third kappa shape index (κ3) is 2.11. The van der Waals surface area contributed by atoms with Gasteiger partial charge in [-0.3, -0.25) is 4.55 Å². The molecule has 2 heterocycles. The second-order valence-electron chi connectivity index (χ2n) is 5.89. The Morgan fingerprint density at radius 2 is 1.80 bits per heavy atom. The number of alkyl halides is 2. The molecule has 1 N–H and O–H groups in total. The predicted molar refractivity (Wildman–Crippen MR) is 60.6 cm³/mol. The van der Waals surface area contributed by atoms with Gasteiger partial charge in [0.15, 0.2) is 0 Å². The lowest BCUT2D eigenvalue weighted by Gasteiger charge is -2.55. The average molecular weight is 312 g/mol. The summed E-state index contributed by atoms with van der Waals surface area (Å²) < 4.78 is 66.5. The van der Waals surface area contributed by atoms with Crippen LogP contribution >= 0.6 is 0 Å². The van der Waals surface area contributed by atoms with E-state index in [1.807, 2.05) is 0 Å². The van der Waals surface area contributed by atoms with Crippen LogP contribution in [0.25, 0.3) is 0 Å². The van der Waals surface area contributed by atoms with E-state index in [1.54, 1.807) is 0 Å². The molecule has 2 atom stereocenters. The maximum atomic E-state index is 13.3. The zero-order valence-corrected chi connectivity index (χ0v) is 11.2. The highest BCUT2D eigenvalue weighted by Gasteiger charge is 2.60. The maximum absolute atomic E-state index is 13.3. The summed E-state index contributed by atoms with van der Waals surface area (Å²) in [5, 5.41) is -4.93. The fourth-order valence-electron chi connectivity index (χ4n) is 3.74. The summed E-state index contributed by atoms with van der Waals surface area (Å²) in [5.74, 6) is -1.96. The van der Waals surface area contributed by atoms with Gasteiger partial charge in [-0.05, 0) is 25.2 Å². The number of rotatable bonds is 3. The van der Waals surface area contributed by atoms with Crippen LogP contribution in [0.15, 0.2) is 0 Å². The monoisotopic (exact) mass is 312 g/mol. The molecule has 0 radical (unpaired) electrons. The molecule has 4 bridgehead atoms. The van der Waals surface area contributed by atoms with E-state index >= 15 is 0 Å². The van der Waals surface area contributed by atoms with Crippen LogP contribution in [0.1, 0.15) is 32.1 Å². The van der Waals surface area contributed by atoms with Gasteiger partial charge in [-0.25, -0.2) is 4.79 Å². The van der Waals surface area contributed by atoms with Crippen molar-refractivity contribution in [3.8, 4) is 0 Å². The Morgan fingerprint density at radius 3 is 2.25 bits per heavy atom. The van der Waals surface area contributed by atoms with Gasteiger partial charge < -0.3 is 9.47 Å². The normalized spacial score (nSPS) is 39.9. The molecule has 2 saturated heterocycles. The number of halogens is 2. The van der Waals surface area contributed by atoms with Crippen LogP contribution in [0.2, 0.25) is 0 Å². The lowest BCUT2D eigenvalue weighted by Crippen LogP contribution is -2.59. The molecule has 4 aliphatic rings. The Labute approximate surface area is 114 Å². The van der Waals surface area contributed by atoms with Crippen molar-refractivity contribution in [2.45, 2.75) is 55.2 Å². The van der Waals surface area contributed by atoms with Crippen molar-refractivity contribution < 1.29 is 36.0 Å². The molecule has 2 unspecified atom stereocenters. The maximum Gasteiger partial charge on any atom is 0.465 e. The van der Waals surface area contributed by atoms with E-state index in [9.17, 15) is 22.0 Å². The number of carbonyl (C=O) groups excluding carboxylic acids is 1. The zero-order chi connectivity index (χ0) is 14.8. The standard InChI is InChI=1S/C11H14F2O6S/c12-11(13,20(15,16)17)9(14)19-10-3-6-1-7(4-10)18-8(2-6)5-10/h6-8H,1-5H2,(H,15,16,17). The van der Waals surface area contributed by atoms with Crippen molar-refractivity contribution in [1.29, 1.82) is 0 Å². The highest BCUT2D eigenvalue weighted by Crippen LogP contribution is 2.52. The van der Waals surface area contributed by atoms with E-state index in [4.69, 9.17) is 14.0 Å². The molecule has 114 valence electrons. The summed E-state index contributed by atoms with van der Waals surface area (Å²) in [7, 11) is -5.82. The summed E-state index contributed by atoms with van der Waals surface area (Å²) in [6.45, 7) is 0. The largest absolute Gasteiger partial charge is 0.465 e. The number of hydrogen-bond donors (Lipinski definition) is 1. The topological polar surface area (TPSA) is 89.9 Å². The van der Waals surface area contributed by atoms with E-state index in [-0.39, 0.29) is 18.1 Å². The molecular formula is C11H14F2O6S. The summed E-state index contributed by atoms with van der Waals surface area (Å²) in [4.78, 5) is 11.4. The van der Waals surface area contributed by atoms with Crippen LogP contribution in [-0.2, 0) is 24.4 Å². The number of ether oxygens (including phenoxy) is 2. The van der Waals surface area contributed by atoms with Gasteiger partial charge in [-0.15, -0.1) is 0 Å². The first-order valence-electron chi connectivity index (χ1n) is 6.35. The van der Waals surface area contributed by atoms with Gasteiger partial charge in [-0.1, -0.05) is 0 Å². The number of hydrogen-bond acceptors (Lipinski definition) is 5. The summed E-state index contributed by atoms with van der Waals surface area (Å²) >= 11 is 0. The minimum absolute atomic E-state index is 0.131. The molecule has 0 aromatic rings. The number of carbonyl (C=O) groups is 1. The molecule has 4 rings (SSSR count). The molecule has 0 aromatic carbocycles. The Balaban J connectivity index is 1.80. The SMILES string of the molecule is O=C(OC12CC3CC(C1)OC(C3)C2)C(F)(F)S(=O)(=O)O. The lowest BCUT2D eigenvalue weighted by molar-refractivity contribution is -0.240. The van der Waals surface area contributed by atoms with Crippen LogP contribution in [0.3, 0.4) is 0 Å². The van der Waals surface area contributed by atoms with Crippen molar-refractivity contribution in [3.05, 3.63) is 0 Å². The van der Waals surface area contributed by atoms with Gasteiger partial charge >= 0.3 is 21.3 Å². The Hall–Kier alpha value is -0.800. The second-order valence-corrected chi connectivity index (χ2v) is 7.36. The van der Waals surface area contributed by atoms with Crippen molar-refractivity contribution in [2.75, 3.05) is 0 Å². The minimum Gasteiger partial charge on any atom is -0.454 e. The minimum atomic E-state index is -5.82. The fourth-order valence-corrected chi connectivity index (χ4v) is 4.00. The van der Waals surface area contributed by atoms with E-state index in [2.05, 4.69) is 0 Å². The van der Waals surface area contributed by atoms with E-state index < -0.39 is 26.9 Å². The molecule has 9 heteroatoms. The quantitative estimate of drug-likeness (QED) is 0.620. The highest BCUT2D eigenvalue weighted by atomic mass is 32.2. The first kappa shape index (κ1) is 14.2. The van der Waals surface area contributed by atoms with Gasteiger partial charge in [-0.2, -0.15) is 17.2 Å². The summed E-state index contributed by atoms with van der Waals surface area (Å²) in [5.41, 5.74) is -1.08. The van der Waals surface area contributed by atoms with Crippen molar-refractivity contribution in [2.24, 2.45) is 5.92 Å². The third-order valence-electron chi connectivity index (χ3n) is 4.31. The van der Waals surface area contributed by atoms with E-state index in [1.165, 1.54) is 0 Å². The van der Waals surface area contributed by atoms with Crippen molar-refractivity contribution in [1.82, 2.24) is 0 Å². The Kier molecular flexibility index (Phi) is 2.91. The van der Waals surface area contributed by atoms with E-state index in [0.29, 0.717) is 19.3 Å². The summed E-state index contributed by atoms with van der Waals surface area (Å²) in [6.07, 6.45) is 2.40. The Bertz CT molecular complexity index is 508. The van der Waals surface area contributed by atoms with Crippen LogP contribution in [0.4, 0.5) is 8.78 Å². The van der Waals surface area contributed by atoms with E-state index in [0.717, 1.165) is 12.8 Å². The molecule has 4 fully saturated rings. The van der Waals surface area contributed by atoms with Crippen molar-refractivity contribution in [3.63, 3.8) is 0 Å². The van der Waals surface area contributed by atoms with Gasteiger partial charge in [0, 0.05) is 12.8 Å². The first-order valence-corrected chi connectivity index (χ1v) is 7.79. The molecule has 0 aromatic heterocycles. The predicted octanol–water partition coefficient (Wildman–Crippen LogP) is 1.11. The molecule has 2 aliphatic heterocycles. The summed E-state index contributed by atoms with van der Waals surface area (Å²) in [6, 6.07) is 0. The number of esters is 1. The van der Waals surface area contributed by atoms with Crippen LogP contribution in [-0.4, -0.2) is 42.0 Å². The third-order valence-corrected chi connectivity index (χ3v) is 5.12. The molecule has 20 heavy (non-hydrogen) atoms. The molecular weight excluding hydrogens is 298 g/mol. The van der Waals surface area contributed by atoms with Crippen LogP contribution in [0, 0.1) is 5.92 Å². The smallest absolute Gasteiger partial charge is 0.454 e. The highest BCUT2D eigenvalue weighted by molar-refractivity contribution is 7.87. The van der Waals surface area contributed by atoms with Gasteiger partial charge in [0.25, 0.3) is 0 Å². The van der Waals surface area contributed by atoms with Crippen LogP contribution in [0.5, 0.6) is 0 Å². The lowest BCUT2D eigenvalue weighted by atomic mass is 9.64. The zero-order valence-electron chi connectivity index (χ0n) is 10.4. The fraction of sp³-hybridized carbons (Fsp3) is 0.909. The van der Waals surface area contributed by atoms with Crippen molar-refractivity contribution >= 4 is 16.1 Å². The molecule has 2 aliphatic carbocycles. The molecule has 0 amide bonds. The van der Waals surface area contributed by atoms with Crippen LogP contribution < -0.4 is 0 Å². The van der Waals surface area contributed by atoms with Gasteiger partial charge in [0.05, 0.1) is 12.2 Å². The Morgan fingerprint density at radius 1 is 1.25 bits per heavy atom. The average Bonchev–Trinajstić information content (AvgIpc) is 2.24. The molecule has 2 saturated carbocycles. The first-order chi connectivity index (χ1) is 9.11. The van der Waals surface area contributed by atoms with Gasteiger partial charge in [0.1, 0.15) is 5.60 Å².